The minimum Gasteiger partial charge on any atom is -0.382 e. The molecule has 11 nitrogen and oxygen atoms in total. The molecule has 0 aliphatic rings. The normalized spacial score (nSPS) is 11.9. The van der Waals surface area contributed by atoms with Gasteiger partial charge >= 0.3 is 7.60 Å². The molecule has 0 aliphatic carbocycles. The predicted molar refractivity (Wildman–Crippen MR) is 133 cm³/mol. The molecule has 0 aliphatic heterocycles. The molecule has 3 aromatic rings. The highest BCUT2D eigenvalue weighted by Crippen LogP contribution is 2.48. The van der Waals surface area contributed by atoms with Crippen LogP contribution in [0.5, 0.6) is 0 Å². The van der Waals surface area contributed by atoms with Crippen molar-refractivity contribution < 1.29 is 31.6 Å². The van der Waals surface area contributed by atoms with E-state index in [4.69, 9.17) is 20.5 Å². The summed E-state index contributed by atoms with van der Waals surface area (Å²) in [7, 11) is -5.55. The molecule has 2 aromatic carbocycles. The maximum absolute atomic E-state index is 13.0. The number of amides is 1. The first-order valence-corrected chi connectivity index (χ1v) is 13.9. The smallest absolute Gasteiger partial charge is 0.345 e. The molecule has 13 heteroatoms. The summed E-state index contributed by atoms with van der Waals surface area (Å²) in [6, 6.07) is 10.5. The standard InChI is InChI=1S/C23H25N4O7PS/c1-14-4-7-16(11-18(14)23(25)29)19-12-26-22(24)21(27-19)20(28)10-15-5-8-17(9-6-15)36(31,32)13-35(30,33-2)34-3/h4-9,11-12H,10,13H2,1-3H3,(H2,24,26)(H2,25,29). The van der Waals surface area contributed by atoms with Gasteiger partial charge in [0, 0.05) is 31.8 Å². The highest BCUT2D eigenvalue weighted by atomic mass is 32.2. The first kappa shape index (κ1) is 27.2. The van der Waals surface area contributed by atoms with Gasteiger partial charge in [0.15, 0.2) is 26.9 Å². The molecular weight excluding hydrogens is 507 g/mol. The van der Waals surface area contributed by atoms with Crippen molar-refractivity contribution in [2.75, 3.05) is 25.4 Å². The van der Waals surface area contributed by atoms with Crippen LogP contribution in [-0.4, -0.2) is 49.8 Å². The van der Waals surface area contributed by atoms with E-state index >= 15 is 0 Å². The average Bonchev–Trinajstić information content (AvgIpc) is 2.84. The summed E-state index contributed by atoms with van der Waals surface area (Å²) in [5, 5.41) is 0. The lowest BCUT2D eigenvalue weighted by atomic mass is 10.0. The summed E-state index contributed by atoms with van der Waals surface area (Å²) in [4.78, 5) is 32.9. The Morgan fingerprint density at radius 2 is 1.69 bits per heavy atom. The van der Waals surface area contributed by atoms with Gasteiger partial charge in [0.05, 0.1) is 16.8 Å². The van der Waals surface area contributed by atoms with Crippen LogP contribution in [0.1, 0.15) is 32.0 Å². The topological polar surface area (TPSA) is 182 Å². The number of aryl methyl sites for hydroxylation is 1. The van der Waals surface area contributed by atoms with Crippen molar-refractivity contribution in [3.8, 4) is 11.3 Å². The zero-order valence-electron chi connectivity index (χ0n) is 19.8. The fourth-order valence-electron chi connectivity index (χ4n) is 3.34. The van der Waals surface area contributed by atoms with Gasteiger partial charge in [0.1, 0.15) is 5.69 Å². The van der Waals surface area contributed by atoms with Crippen molar-refractivity contribution in [2.45, 2.75) is 18.2 Å². The van der Waals surface area contributed by atoms with E-state index in [2.05, 4.69) is 9.97 Å². The third-order valence-corrected chi connectivity index (χ3v) is 10.1. The summed E-state index contributed by atoms with van der Waals surface area (Å²) >= 11 is 0. The quantitative estimate of drug-likeness (QED) is 0.291. The number of hydrogen-bond donors (Lipinski definition) is 2. The van der Waals surface area contributed by atoms with Crippen LogP contribution in [0.15, 0.2) is 53.6 Å². The first-order valence-electron chi connectivity index (χ1n) is 10.5. The SMILES string of the molecule is COP(=O)(CS(=O)(=O)c1ccc(CC(=O)c2nc(-c3ccc(C)c(C(N)=O)c3)cnc2N)cc1)OC. The number of aromatic nitrogens is 2. The second kappa shape index (κ2) is 10.7. The van der Waals surface area contributed by atoms with Crippen LogP contribution in [0.3, 0.4) is 0 Å². The van der Waals surface area contributed by atoms with Gasteiger partial charge in [-0.15, -0.1) is 0 Å². The van der Waals surface area contributed by atoms with Crippen molar-refractivity contribution >= 4 is 34.9 Å². The lowest BCUT2D eigenvalue weighted by molar-refractivity contribution is 0.0984. The maximum Gasteiger partial charge on any atom is 0.345 e. The number of nitrogen functional groups attached to an aromatic ring is 1. The van der Waals surface area contributed by atoms with Gasteiger partial charge in [-0.05, 0) is 36.2 Å². The molecule has 0 atom stereocenters. The first-order chi connectivity index (χ1) is 16.9. The van der Waals surface area contributed by atoms with Crippen LogP contribution in [0.4, 0.5) is 5.82 Å². The number of carbonyl (C=O) groups is 2. The second-order valence-corrected chi connectivity index (χ2v) is 12.5. The number of hydrogen-bond acceptors (Lipinski definition) is 10. The van der Waals surface area contributed by atoms with Crippen LogP contribution < -0.4 is 11.5 Å². The van der Waals surface area contributed by atoms with Gasteiger partial charge < -0.3 is 20.5 Å². The lowest BCUT2D eigenvalue weighted by Crippen LogP contribution is -2.14. The minimum absolute atomic E-state index is 0.0634. The van der Waals surface area contributed by atoms with E-state index in [0.29, 0.717) is 27.9 Å². The van der Waals surface area contributed by atoms with E-state index in [1.807, 2.05) is 0 Å². The molecule has 0 saturated heterocycles. The van der Waals surface area contributed by atoms with Crippen LogP contribution in [-0.2, 0) is 29.9 Å². The van der Waals surface area contributed by atoms with Crippen LogP contribution >= 0.6 is 7.60 Å². The van der Waals surface area contributed by atoms with E-state index in [0.717, 1.165) is 14.2 Å². The average molecular weight is 533 g/mol. The van der Waals surface area contributed by atoms with Crippen molar-refractivity contribution in [1.29, 1.82) is 0 Å². The molecule has 1 aromatic heterocycles. The van der Waals surface area contributed by atoms with Crippen LogP contribution in [0.25, 0.3) is 11.3 Å². The Bertz CT molecular complexity index is 1470. The number of benzene rings is 2. The Morgan fingerprint density at radius 3 is 2.28 bits per heavy atom. The molecule has 1 heterocycles. The van der Waals surface area contributed by atoms with Gasteiger partial charge in [0.25, 0.3) is 0 Å². The fraction of sp³-hybridized carbons (Fsp3) is 0.217. The molecule has 0 radical (unpaired) electrons. The third-order valence-electron chi connectivity index (χ3n) is 5.40. The van der Waals surface area contributed by atoms with Gasteiger partial charge in [-0.25, -0.2) is 18.4 Å². The number of primary amides is 1. The number of Topliss-reactive ketones (excluding diaryl/α,β-unsaturated/α-hetero) is 1. The predicted octanol–water partition coefficient (Wildman–Crippen LogP) is 2.78. The van der Waals surface area contributed by atoms with E-state index in [9.17, 15) is 22.6 Å². The van der Waals surface area contributed by atoms with Crippen molar-refractivity contribution in [3.63, 3.8) is 0 Å². The van der Waals surface area contributed by atoms with Crippen LogP contribution in [0, 0.1) is 6.92 Å². The number of nitrogens with two attached hydrogens (primary N) is 2. The molecule has 0 fully saturated rings. The minimum atomic E-state index is -3.97. The molecule has 0 saturated carbocycles. The number of ketones is 1. The van der Waals surface area contributed by atoms with Gasteiger partial charge in [-0.2, -0.15) is 0 Å². The van der Waals surface area contributed by atoms with E-state index in [1.165, 1.54) is 30.5 Å². The summed E-state index contributed by atoms with van der Waals surface area (Å²) < 4.78 is 46.8. The Morgan fingerprint density at radius 1 is 1.06 bits per heavy atom. The molecule has 0 spiro atoms. The van der Waals surface area contributed by atoms with Gasteiger partial charge in [0.2, 0.25) is 5.91 Å². The van der Waals surface area contributed by atoms with Gasteiger partial charge in [-0.3, -0.25) is 14.2 Å². The number of nitrogens with zero attached hydrogens (tertiary/aromatic N) is 2. The Labute approximate surface area is 208 Å². The fourth-order valence-corrected chi connectivity index (χ4v) is 7.14. The van der Waals surface area contributed by atoms with E-state index in [-0.39, 0.29) is 22.8 Å². The molecule has 4 N–H and O–H groups in total. The van der Waals surface area contributed by atoms with Crippen molar-refractivity contribution in [1.82, 2.24) is 9.97 Å². The lowest BCUT2D eigenvalue weighted by Gasteiger charge is -2.14. The Hall–Kier alpha value is -3.44. The number of rotatable bonds is 10. The molecule has 36 heavy (non-hydrogen) atoms. The maximum atomic E-state index is 13.0. The number of anilines is 1. The monoisotopic (exact) mass is 532 g/mol. The third kappa shape index (κ3) is 6.03. The Kier molecular flexibility index (Phi) is 8.05. The highest BCUT2D eigenvalue weighted by molar-refractivity contribution is 7.97. The summed E-state index contributed by atoms with van der Waals surface area (Å²) in [5.41, 5.74) is 12.8. The number of carbonyl (C=O) groups excluding carboxylic acids is 2. The zero-order valence-corrected chi connectivity index (χ0v) is 21.5. The molecule has 190 valence electrons. The molecular formula is C23H25N4O7PS. The van der Waals surface area contributed by atoms with Crippen LogP contribution in [0.2, 0.25) is 0 Å². The summed E-state index contributed by atoms with van der Waals surface area (Å²) in [6.07, 6.45) is 1.26. The van der Waals surface area contributed by atoms with E-state index < -0.39 is 34.6 Å². The number of sulfone groups is 1. The van der Waals surface area contributed by atoms with E-state index in [1.54, 1.807) is 25.1 Å². The summed E-state index contributed by atoms with van der Waals surface area (Å²) in [5.74, 6) is -1.10. The van der Waals surface area contributed by atoms with Crippen molar-refractivity contribution in [2.24, 2.45) is 5.73 Å². The largest absolute Gasteiger partial charge is 0.382 e. The molecule has 1 amide bonds. The van der Waals surface area contributed by atoms with Crippen molar-refractivity contribution in [3.05, 3.63) is 71.0 Å². The Balaban J connectivity index is 1.83. The zero-order chi connectivity index (χ0) is 26.7. The highest BCUT2D eigenvalue weighted by Gasteiger charge is 2.31. The van der Waals surface area contributed by atoms with Gasteiger partial charge in [-0.1, -0.05) is 24.3 Å². The second-order valence-electron chi connectivity index (χ2n) is 7.85. The summed E-state index contributed by atoms with van der Waals surface area (Å²) in [6.45, 7) is 1.75. The molecule has 3 rings (SSSR count). The molecule has 0 unspecified atom stereocenters. The molecule has 0 bridgehead atoms.